The Morgan fingerprint density at radius 1 is 1.26 bits per heavy atom. The molecule has 4 nitrogen and oxygen atoms in total. The fourth-order valence-corrected chi connectivity index (χ4v) is 2.00. The predicted octanol–water partition coefficient (Wildman–Crippen LogP) is 2.55. The zero-order valence-electron chi connectivity index (χ0n) is 10.6. The van der Waals surface area contributed by atoms with Gasteiger partial charge in [-0.1, -0.05) is 12.1 Å². The van der Waals surface area contributed by atoms with Crippen molar-refractivity contribution in [1.29, 1.82) is 0 Å². The Morgan fingerprint density at radius 2 is 2.11 bits per heavy atom. The van der Waals surface area contributed by atoms with Crippen LogP contribution in [-0.2, 0) is 6.42 Å². The number of likely N-dealkylation sites (N-methyl/N-ethyl adjacent to an activating group) is 1. The topological polar surface area (TPSA) is 46.1 Å². The first-order valence-corrected chi connectivity index (χ1v) is 6.74. The molecule has 0 saturated heterocycles. The summed E-state index contributed by atoms with van der Waals surface area (Å²) in [5, 5.41) is 0. The molecule has 0 fully saturated rings. The van der Waals surface area contributed by atoms with Crippen molar-refractivity contribution in [2.75, 3.05) is 13.6 Å². The van der Waals surface area contributed by atoms with Crippen LogP contribution in [0.3, 0.4) is 0 Å². The van der Waals surface area contributed by atoms with Gasteiger partial charge in [0.25, 0.3) is 5.91 Å². The van der Waals surface area contributed by atoms with Gasteiger partial charge in [-0.25, -0.2) is 4.98 Å². The molecule has 0 bridgehead atoms. The van der Waals surface area contributed by atoms with E-state index in [0.717, 1.165) is 12.1 Å². The Balaban J connectivity index is 1.96. The van der Waals surface area contributed by atoms with Gasteiger partial charge in [0.15, 0.2) is 0 Å². The minimum absolute atomic E-state index is 0.0859. The maximum absolute atomic E-state index is 12.1. The maximum atomic E-state index is 12.1. The Bertz CT molecular complexity index is 560. The van der Waals surface area contributed by atoms with E-state index in [1.807, 2.05) is 18.2 Å². The van der Waals surface area contributed by atoms with Crippen LogP contribution in [0.2, 0.25) is 0 Å². The zero-order valence-corrected chi connectivity index (χ0v) is 12.2. The molecule has 1 amide bonds. The molecule has 0 spiro atoms. The van der Waals surface area contributed by atoms with E-state index < -0.39 is 0 Å². The summed E-state index contributed by atoms with van der Waals surface area (Å²) in [7, 11) is 1.77. The van der Waals surface area contributed by atoms with Gasteiger partial charge in [0.1, 0.15) is 10.3 Å². The number of carbonyl (C=O) groups is 1. The van der Waals surface area contributed by atoms with Gasteiger partial charge in [-0.05, 0) is 40.2 Å². The second kappa shape index (κ2) is 6.43. The number of nitrogens with zero attached hydrogens (tertiary/aromatic N) is 3. The average Bonchev–Trinajstić information content (AvgIpc) is 2.45. The highest BCUT2D eigenvalue weighted by Crippen LogP contribution is 2.08. The highest BCUT2D eigenvalue weighted by molar-refractivity contribution is 9.10. The molecule has 0 radical (unpaired) electrons. The van der Waals surface area contributed by atoms with E-state index in [9.17, 15) is 4.79 Å². The lowest BCUT2D eigenvalue weighted by molar-refractivity contribution is 0.0790. The molecule has 0 aliphatic rings. The first-order chi connectivity index (χ1) is 9.16. The van der Waals surface area contributed by atoms with Gasteiger partial charge < -0.3 is 4.90 Å². The molecule has 2 aromatic rings. The molecule has 0 saturated carbocycles. The van der Waals surface area contributed by atoms with E-state index in [-0.39, 0.29) is 5.91 Å². The Kier molecular flexibility index (Phi) is 4.63. The lowest BCUT2D eigenvalue weighted by Gasteiger charge is -2.16. The van der Waals surface area contributed by atoms with E-state index in [1.54, 1.807) is 36.3 Å². The summed E-state index contributed by atoms with van der Waals surface area (Å²) in [6.45, 7) is 0.615. The number of rotatable bonds is 4. The van der Waals surface area contributed by atoms with E-state index in [4.69, 9.17) is 0 Å². The van der Waals surface area contributed by atoms with E-state index in [1.165, 1.54) is 0 Å². The standard InChI is InChI=1S/C14H14BrN3O/c1-18(10-8-11-5-2-3-9-16-11)14(19)12-6-4-7-13(15)17-12/h2-7,9H,8,10H2,1H3. The number of aromatic nitrogens is 2. The van der Waals surface area contributed by atoms with Crippen molar-refractivity contribution in [3.63, 3.8) is 0 Å². The molecule has 0 unspecified atom stereocenters. The third-order valence-corrected chi connectivity index (χ3v) is 3.15. The second-order valence-corrected chi connectivity index (χ2v) is 4.96. The van der Waals surface area contributed by atoms with Crippen LogP contribution in [0.1, 0.15) is 16.2 Å². The molecular formula is C14H14BrN3O. The van der Waals surface area contributed by atoms with Crippen LogP contribution in [0, 0.1) is 0 Å². The molecule has 2 aromatic heterocycles. The zero-order chi connectivity index (χ0) is 13.7. The molecule has 2 heterocycles. The van der Waals surface area contributed by atoms with Gasteiger partial charge >= 0.3 is 0 Å². The smallest absolute Gasteiger partial charge is 0.272 e. The van der Waals surface area contributed by atoms with Crippen molar-refractivity contribution >= 4 is 21.8 Å². The van der Waals surface area contributed by atoms with Crippen LogP contribution >= 0.6 is 15.9 Å². The minimum atomic E-state index is -0.0859. The SMILES string of the molecule is CN(CCc1ccccn1)C(=O)c1cccc(Br)n1. The first kappa shape index (κ1) is 13.7. The summed E-state index contributed by atoms with van der Waals surface area (Å²) in [5.74, 6) is -0.0859. The van der Waals surface area contributed by atoms with Gasteiger partial charge in [-0.15, -0.1) is 0 Å². The molecule has 2 rings (SSSR count). The van der Waals surface area contributed by atoms with Gasteiger partial charge in [-0.2, -0.15) is 0 Å². The van der Waals surface area contributed by atoms with Crippen molar-refractivity contribution in [2.24, 2.45) is 0 Å². The van der Waals surface area contributed by atoms with Crippen molar-refractivity contribution in [3.8, 4) is 0 Å². The lowest BCUT2D eigenvalue weighted by Crippen LogP contribution is -2.29. The highest BCUT2D eigenvalue weighted by atomic mass is 79.9. The van der Waals surface area contributed by atoms with Crippen LogP contribution in [0.25, 0.3) is 0 Å². The molecule has 5 heteroatoms. The summed E-state index contributed by atoms with van der Waals surface area (Å²) in [4.78, 5) is 22.2. The third-order valence-electron chi connectivity index (χ3n) is 2.71. The minimum Gasteiger partial charge on any atom is -0.340 e. The number of pyridine rings is 2. The largest absolute Gasteiger partial charge is 0.340 e. The summed E-state index contributed by atoms with van der Waals surface area (Å²) in [6, 6.07) is 11.1. The quantitative estimate of drug-likeness (QED) is 0.814. The fraction of sp³-hybridized carbons (Fsp3) is 0.214. The molecule has 0 aliphatic heterocycles. The Morgan fingerprint density at radius 3 is 2.79 bits per heavy atom. The predicted molar refractivity (Wildman–Crippen MR) is 76.8 cm³/mol. The molecule has 98 valence electrons. The van der Waals surface area contributed by atoms with Gasteiger partial charge in [0.2, 0.25) is 0 Å². The van der Waals surface area contributed by atoms with Crippen molar-refractivity contribution in [2.45, 2.75) is 6.42 Å². The molecule has 19 heavy (non-hydrogen) atoms. The fourth-order valence-electron chi connectivity index (χ4n) is 1.65. The summed E-state index contributed by atoms with van der Waals surface area (Å²) in [6.07, 6.45) is 2.49. The lowest BCUT2D eigenvalue weighted by atomic mass is 10.2. The summed E-state index contributed by atoms with van der Waals surface area (Å²) < 4.78 is 0.663. The normalized spacial score (nSPS) is 10.2. The van der Waals surface area contributed by atoms with E-state index in [2.05, 4.69) is 25.9 Å². The first-order valence-electron chi connectivity index (χ1n) is 5.95. The summed E-state index contributed by atoms with van der Waals surface area (Å²) in [5.41, 5.74) is 1.42. The van der Waals surface area contributed by atoms with Gasteiger partial charge in [0, 0.05) is 31.9 Å². The summed E-state index contributed by atoms with van der Waals surface area (Å²) >= 11 is 3.26. The number of amides is 1. The molecule has 0 N–H and O–H groups in total. The van der Waals surface area contributed by atoms with Crippen LogP contribution in [0.15, 0.2) is 47.2 Å². The van der Waals surface area contributed by atoms with Gasteiger partial charge in [-0.3, -0.25) is 9.78 Å². The van der Waals surface area contributed by atoms with Crippen molar-refractivity contribution in [1.82, 2.24) is 14.9 Å². The molecule has 0 aliphatic carbocycles. The number of hydrogen-bond donors (Lipinski definition) is 0. The van der Waals surface area contributed by atoms with Gasteiger partial charge in [0.05, 0.1) is 0 Å². The number of halogens is 1. The van der Waals surface area contributed by atoms with E-state index >= 15 is 0 Å². The van der Waals surface area contributed by atoms with Crippen molar-refractivity contribution in [3.05, 3.63) is 58.6 Å². The van der Waals surface area contributed by atoms with Crippen molar-refractivity contribution < 1.29 is 4.79 Å². The van der Waals surface area contributed by atoms with E-state index in [0.29, 0.717) is 16.8 Å². The van der Waals surface area contributed by atoms with Crippen LogP contribution in [0.4, 0.5) is 0 Å². The Hall–Kier alpha value is -1.75. The third kappa shape index (κ3) is 3.86. The molecule has 0 aromatic carbocycles. The number of hydrogen-bond acceptors (Lipinski definition) is 3. The molecular weight excluding hydrogens is 306 g/mol. The Labute approximate surface area is 120 Å². The average molecular weight is 320 g/mol. The highest BCUT2D eigenvalue weighted by Gasteiger charge is 2.13. The molecule has 0 atom stereocenters. The van der Waals surface area contributed by atoms with Crippen LogP contribution in [0.5, 0.6) is 0 Å². The van der Waals surface area contributed by atoms with Crippen LogP contribution < -0.4 is 0 Å². The maximum Gasteiger partial charge on any atom is 0.272 e. The number of carbonyl (C=O) groups excluding carboxylic acids is 1. The monoisotopic (exact) mass is 319 g/mol. The van der Waals surface area contributed by atoms with Crippen LogP contribution in [-0.4, -0.2) is 34.4 Å². The second-order valence-electron chi connectivity index (χ2n) is 4.14.